The van der Waals surface area contributed by atoms with Crippen molar-refractivity contribution in [3.63, 3.8) is 0 Å². The maximum Gasteiger partial charge on any atom is 0.334 e. The minimum atomic E-state index is -0.962. The lowest BCUT2D eigenvalue weighted by molar-refractivity contribution is -0.142. The van der Waals surface area contributed by atoms with Crippen molar-refractivity contribution in [2.75, 3.05) is 13.6 Å². The molecule has 106 valence electrons. The number of hydrogen-bond donors (Lipinski definition) is 0. The Labute approximate surface area is 115 Å². The molecule has 4 amide bonds. The summed E-state index contributed by atoms with van der Waals surface area (Å²) >= 11 is 0. The number of carbonyl (C=O) groups is 4. The summed E-state index contributed by atoms with van der Waals surface area (Å²) in [4.78, 5) is 48.3. The molecule has 1 aromatic rings. The Kier molecular flexibility index (Phi) is 3.21. The Bertz CT molecular complexity index is 644. The molecule has 7 heteroatoms. The molecule has 0 atom stereocenters. The van der Waals surface area contributed by atoms with Gasteiger partial charge in [0.05, 0.1) is 6.54 Å². The van der Waals surface area contributed by atoms with E-state index >= 15 is 0 Å². The molecule has 2 rings (SSSR count). The molecule has 7 nitrogen and oxygen atoms in total. The number of likely N-dealkylation sites (N-methyl/N-ethyl adjacent to an activating group) is 1. The van der Waals surface area contributed by atoms with E-state index in [1.165, 1.54) is 7.05 Å². The molecule has 0 N–H and O–H groups in total. The van der Waals surface area contributed by atoms with Crippen LogP contribution in [0.25, 0.3) is 0 Å². The normalized spacial score (nSPS) is 15.5. The van der Waals surface area contributed by atoms with Gasteiger partial charge in [0.15, 0.2) is 5.78 Å². The molecule has 1 aliphatic rings. The lowest BCUT2D eigenvalue weighted by atomic mass is 10.1. The average molecular weight is 277 g/mol. The van der Waals surface area contributed by atoms with Crippen LogP contribution in [0.3, 0.4) is 0 Å². The predicted molar refractivity (Wildman–Crippen MR) is 69.1 cm³/mol. The minimum Gasteiger partial charge on any atom is -0.351 e. The average Bonchev–Trinajstić information content (AvgIpc) is 2.77. The van der Waals surface area contributed by atoms with E-state index in [1.54, 1.807) is 13.0 Å². The van der Waals surface area contributed by atoms with Gasteiger partial charge in [0.25, 0.3) is 0 Å². The Morgan fingerprint density at radius 1 is 1.10 bits per heavy atom. The fourth-order valence-corrected chi connectivity index (χ4v) is 2.12. The molecule has 0 aromatic carbocycles. The van der Waals surface area contributed by atoms with Gasteiger partial charge >= 0.3 is 17.8 Å². The number of aromatic nitrogens is 1. The molecule has 0 unspecified atom stereocenters. The second-order valence-electron chi connectivity index (χ2n) is 4.81. The van der Waals surface area contributed by atoms with E-state index < -0.39 is 24.4 Å². The number of carbonyl (C=O) groups excluding carboxylic acids is 4. The molecule has 1 aromatic heterocycles. The second-order valence-corrected chi connectivity index (χ2v) is 4.81. The van der Waals surface area contributed by atoms with Gasteiger partial charge < -0.3 is 4.57 Å². The van der Waals surface area contributed by atoms with Crippen molar-refractivity contribution in [1.82, 2.24) is 14.4 Å². The molecule has 0 bridgehead atoms. The van der Waals surface area contributed by atoms with Gasteiger partial charge in [0.2, 0.25) is 0 Å². The Hall–Kier alpha value is -2.44. The highest BCUT2D eigenvalue weighted by atomic mass is 16.2. The molecule has 0 saturated carbocycles. The van der Waals surface area contributed by atoms with Gasteiger partial charge in [-0.2, -0.15) is 0 Å². The lowest BCUT2D eigenvalue weighted by Gasteiger charge is -2.11. The number of ketones is 1. The number of urea groups is 1. The Balaban J connectivity index is 2.24. The number of amides is 4. The zero-order chi connectivity index (χ0) is 15.2. The van der Waals surface area contributed by atoms with Crippen molar-refractivity contribution in [3.8, 4) is 0 Å². The second kappa shape index (κ2) is 4.59. The van der Waals surface area contributed by atoms with Crippen LogP contribution in [0.1, 0.15) is 21.7 Å². The summed E-state index contributed by atoms with van der Waals surface area (Å²) in [7, 11) is 3.04. The third kappa shape index (κ3) is 1.91. The molecule has 0 spiro atoms. The van der Waals surface area contributed by atoms with E-state index in [2.05, 4.69) is 0 Å². The largest absolute Gasteiger partial charge is 0.351 e. The highest BCUT2D eigenvalue weighted by Crippen LogP contribution is 2.16. The van der Waals surface area contributed by atoms with Crippen LogP contribution < -0.4 is 0 Å². The molecule has 0 radical (unpaired) electrons. The van der Waals surface area contributed by atoms with Gasteiger partial charge in [0, 0.05) is 31.0 Å². The molecule has 20 heavy (non-hydrogen) atoms. The van der Waals surface area contributed by atoms with Gasteiger partial charge in [-0.15, -0.1) is 0 Å². The van der Waals surface area contributed by atoms with E-state index in [1.807, 2.05) is 18.5 Å². The van der Waals surface area contributed by atoms with Gasteiger partial charge in [-0.3, -0.25) is 19.3 Å². The van der Waals surface area contributed by atoms with Crippen LogP contribution in [-0.4, -0.2) is 51.6 Å². The zero-order valence-electron chi connectivity index (χ0n) is 11.8. The van der Waals surface area contributed by atoms with Crippen molar-refractivity contribution in [3.05, 3.63) is 23.0 Å². The van der Waals surface area contributed by atoms with Crippen molar-refractivity contribution in [2.24, 2.45) is 7.05 Å². The van der Waals surface area contributed by atoms with E-state index in [9.17, 15) is 19.2 Å². The summed E-state index contributed by atoms with van der Waals surface area (Å²) in [5.74, 6) is -2.24. The van der Waals surface area contributed by atoms with Gasteiger partial charge in [0.1, 0.15) is 0 Å². The maximum absolute atomic E-state index is 12.2. The monoisotopic (exact) mass is 277 g/mol. The standard InChI is InChI=1S/C13H15N3O4/c1-7-5-9(8(2)14(7)3)10(17)6-16-12(19)11(18)15(4)13(16)20/h5H,6H2,1-4H3. The van der Waals surface area contributed by atoms with Crippen LogP contribution in [0.15, 0.2) is 6.07 Å². The third-order valence-electron chi connectivity index (χ3n) is 3.63. The number of Topliss-reactive ketones (excluding diaryl/α,β-unsaturated/α-hetero) is 1. The third-order valence-corrected chi connectivity index (χ3v) is 3.63. The van der Waals surface area contributed by atoms with Crippen molar-refractivity contribution in [1.29, 1.82) is 0 Å². The lowest BCUT2D eigenvalue weighted by Crippen LogP contribution is -2.36. The van der Waals surface area contributed by atoms with Crippen LogP contribution in [0.5, 0.6) is 0 Å². The highest BCUT2D eigenvalue weighted by molar-refractivity contribution is 6.45. The van der Waals surface area contributed by atoms with E-state index in [4.69, 9.17) is 0 Å². The number of imide groups is 2. The van der Waals surface area contributed by atoms with Crippen LogP contribution in [0.2, 0.25) is 0 Å². The summed E-state index contributed by atoms with van der Waals surface area (Å²) in [5, 5.41) is 0. The molecule has 1 saturated heterocycles. The summed E-state index contributed by atoms with van der Waals surface area (Å²) in [6.45, 7) is 3.22. The quantitative estimate of drug-likeness (QED) is 0.450. The number of hydrogen-bond acceptors (Lipinski definition) is 4. The number of aryl methyl sites for hydroxylation is 1. The minimum absolute atomic E-state index is 0.365. The smallest absolute Gasteiger partial charge is 0.334 e. The van der Waals surface area contributed by atoms with Gasteiger partial charge in [-0.05, 0) is 19.9 Å². The van der Waals surface area contributed by atoms with Crippen molar-refractivity contribution >= 4 is 23.6 Å². The summed E-state index contributed by atoms with van der Waals surface area (Å²) in [5.41, 5.74) is 2.11. The SMILES string of the molecule is Cc1cc(C(=O)CN2C(=O)C(=O)N(C)C2=O)c(C)n1C. The van der Waals surface area contributed by atoms with Crippen molar-refractivity contribution < 1.29 is 19.2 Å². The summed E-state index contributed by atoms with van der Waals surface area (Å²) < 4.78 is 1.85. The molecule has 0 aliphatic carbocycles. The van der Waals surface area contributed by atoms with E-state index in [-0.39, 0.29) is 5.78 Å². The first-order valence-corrected chi connectivity index (χ1v) is 6.05. The summed E-state index contributed by atoms with van der Waals surface area (Å²) in [6.07, 6.45) is 0. The molecular formula is C13H15N3O4. The van der Waals surface area contributed by atoms with E-state index in [0.717, 1.165) is 11.4 Å². The fraction of sp³-hybridized carbons (Fsp3) is 0.385. The number of nitrogens with zero attached hydrogens (tertiary/aromatic N) is 3. The van der Waals surface area contributed by atoms with E-state index in [0.29, 0.717) is 15.4 Å². The number of rotatable bonds is 3. The van der Waals surface area contributed by atoms with Crippen LogP contribution in [0, 0.1) is 13.8 Å². The first-order valence-electron chi connectivity index (χ1n) is 6.05. The van der Waals surface area contributed by atoms with Crippen LogP contribution in [0.4, 0.5) is 4.79 Å². The predicted octanol–water partition coefficient (Wildman–Crippen LogP) is 0.245. The molecule has 1 aliphatic heterocycles. The first kappa shape index (κ1) is 14.0. The molecule has 2 heterocycles. The first-order chi connectivity index (χ1) is 9.25. The summed E-state index contributed by atoms with van der Waals surface area (Å²) in [6, 6.07) is 0.937. The van der Waals surface area contributed by atoms with Gasteiger partial charge in [-0.25, -0.2) is 9.69 Å². The van der Waals surface area contributed by atoms with Crippen LogP contribution >= 0.6 is 0 Å². The van der Waals surface area contributed by atoms with Crippen molar-refractivity contribution in [2.45, 2.75) is 13.8 Å². The fourth-order valence-electron chi connectivity index (χ4n) is 2.12. The van der Waals surface area contributed by atoms with Gasteiger partial charge in [-0.1, -0.05) is 0 Å². The maximum atomic E-state index is 12.2. The molecular weight excluding hydrogens is 262 g/mol. The Morgan fingerprint density at radius 2 is 1.70 bits per heavy atom. The highest BCUT2D eigenvalue weighted by Gasteiger charge is 2.43. The Morgan fingerprint density at radius 3 is 2.10 bits per heavy atom. The van der Waals surface area contributed by atoms with Crippen LogP contribution in [-0.2, 0) is 16.6 Å². The zero-order valence-corrected chi connectivity index (χ0v) is 11.8. The molecule has 1 fully saturated rings. The topological polar surface area (TPSA) is 79.7 Å².